The predicted molar refractivity (Wildman–Crippen MR) is 144 cm³/mol. The van der Waals surface area contributed by atoms with Gasteiger partial charge in [0.05, 0.1) is 31.5 Å². The van der Waals surface area contributed by atoms with Crippen LogP contribution in [0.3, 0.4) is 0 Å². The summed E-state index contributed by atoms with van der Waals surface area (Å²) in [6.45, 7) is 1.56. The monoisotopic (exact) mass is 526 g/mol. The molecule has 5 N–H and O–H groups in total. The Bertz CT molecular complexity index is 1180. The lowest BCUT2D eigenvalue weighted by atomic mass is 9.88. The number of nitrogens with one attached hydrogen (secondary N) is 3. The van der Waals surface area contributed by atoms with Gasteiger partial charge in [-0.25, -0.2) is 4.98 Å². The minimum atomic E-state index is -0.302. The van der Waals surface area contributed by atoms with Crippen LogP contribution in [0.25, 0.3) is 0 Å². The molecule has 198 valence electrons. The van der Waals surface area contributed by atoms with E-state index in [-0.39, 0.29) is 29.7 Å². The zero-order valence-electron chi connectivity index (χ0n) is 21.3. The van der Waals surface area contributed by atoms with Gasteiger partial charge in [-0.1, -0.05) is 29.8 Å². The number of aromatic nitrogens is 2. The van der Waals surface area contributed by atoms with Gasteiger partial charge in [0.25, 0.3) is 0 Å². The fourth-order valence-electron chi connectivity index (χ4n) is 6.08. The van der Waals surface area contributed by atoms with Gasteiger partial charge in [0.2, 0.25) is 11.9 Å². The Labute approximate surface area is 222 Å². The number of halogens is 1. The molecule has 0 radical (unpaired) electrons. The van der Waals surface area contributed by atoms with Crippen molar-refractivity contribution < 1.29 is 14.3 Å². The second kappa shape index (κ2) is 11.2. The molecule has 1 amide bonds. The quantitative estimate of drug-likeness (QED) is 0.211. The second-order valence-corrected chi connectivity index (χ2v) is 10.5. The molecule has 0 aliphatic heterocycles. The smallest absolute Gasteiger partial charge is 0.229 e. The number of hydrogen-bond acceptors (Lipinski definition) is 8. The Balaban J connectivity index is 1.33. The number of anilines is 3. The molecule has 5 atom stereocenters. The first-order valence-corrected chi connectivity index (χ1v) is 13.3. The van der Waals surface area contributed by atoms with Gasteiger partial charge in [-0.3, -0.25) is 4.79 Å². The Morgan fingerprint density at radius 2 is 2.00 bits per heavy atom. The topological polar surface area (TPSA) is 123 Å². The summed E-state index contributed by atoms with van der Waals surface area (Å²) in [5.74, 6) is 1.50. The molecule has 2 bridgehead atoms. The summed E-state index contributed by atoms with van der Waals surface area (Å²) in [5.41, 5.74) is 9.05. The van der Waals surface area contributed by atoms with E-state index in [0.717, 1.165) is 50.1 Å². The number of methoxy groups -OCH3 is 2. The molecule has 1 saturated carbocycles. The van der Waals surface area contributed by atoms with E-state index in [1.54, 1.807) is 20.4 Å². The molecular weight excluding hydrogens is 492 g/mol. The minimum Gasteiger partial charge on any atom is -0.494 e. The van der Waals surface area contributed by atoms with E-state index in [4.69, 9.17) is 26.8 Å². The van der Waals surface area contributed by atoms with Gasteiger partial charge in [-0.05, 0) is 61.1 Å². The molecule has 2 aromatic rings. The molecule has 3 aliphatic rings. The van der Waals surface area contributed by atoms with Crippen LogP contribution in [0, 0.1) is 17.8 Å². The van der Waals surface area contributed by atoms with Gasteiger partial charge >= 0.3 is 0 Å². The fourth-order valence-corrected chi connectivity index (χ4v) is 6.23. The number of benzene rings is 1. The second-order valence-electron chi connectivity index (χ2n) is 10.1. The summed E-state index contributed by atoms with van der Waals surface area (Å²) in [6.07, 6.45) is 10.7. The Morgan fingerprint density at radius 1 is 1.19 bits per heavy atom. The fraction of sp³-hybridized carbons (Fsp3) is 0.519. The predicted octanol–water partition coefficient (Wildman–Crippen LogP) is 3.45. The number of rotatable bonds is 10. The highest BCUT2D eigenvalue weighted by Gasteiger charge is 2.47. The van der Waals surface area contributed by atoms with Gasteiger partial charge in [0, 0.05) is 25.7 Å². The first-order valence-electron chi connectivity index (χ1n) is 12.9. The number of nitrogens with two attached hydrogens (primary N) is 1. The maximum absolute atomic E-state index is 12.1. The third kappa shape index (κ3) is 5.39. The number of hydrogen-bond donors (Lipinski definition) is 4. The average molecular weight is 527 g/mol. The summed E-state index contributed by atoms with van der Waals surface area (Å²) in [7, 11) is 3.42. The number of primary amides is 1. The Morgan fingerprint density at radius 3 is 2.78 bits per heavy atom. The Hall–Kier alpha value is -2.88. The maximum atomic E-state index is 12.1. The average Bonchev–Trinajstić information content (AvgIpc) is 3.43. The molecular formula is C27H35ClN6O3. The molecule has 1 heterocycles. The van der Waals surface area contributed by atoms with Crippen molar-refractivity contribution in [3.63, 3.8) is 0 Å². The van der Waals surface area contributed by atoms with E-state index in [1.807, 2.05) is 6.07 Å². The molecule has 1 fully saturated rings. The van der Waals surface area contributed by atoms with Crippen LogP contribution in [0.1, 0.15) is 30.4 Å². The number of amides is 1. The van der Waals surface area contributed by atoms with Crippen molar-refractivity contribution in [3.8, 4) is 5.75 Å². The standard InChI is InChI=1S/C27H35ClN6O3/c1-36-12-11-30-18-7-5-15-6-10-21(24(37-2)19(15)9-8-18)32-27-31-14-20(28)26(34-27)33-23-17-4-3-16(13-17)22(23)25(29)35/h3-4,6,10,14,16-18,22-23,30H,5,7-9,11-13H2,1-2H3,(H2,29,35)(H2,31,32,33,34)/t16-,17+,18+,22+,23-/m1/s1. The lowest BCUT2D eigenvalue weighted by Gasteiger charge is -2.27. The number of carbonyl (C=O) groups excluding carboxylic acids is 1. The van der Waals surface area contributed by atoms with E-state index in [2.05, 4.69) is 44.1 Å². The molecule has 3 aliphatic carbocycles. The molecule has 5 rings (SSSR count). The van der Waals surface area contributed by atoms with Crippen LogP contribution in [-0.2, 0) is 22.4 Å². The molecule has 1 aromatic carbocycles. The highest BCUT2D eigenvalue weighted by molar-refractivity contribution is 6.32. The SMILES string of the molecule is COCCN[C@H]1CCc2ccc(Nc3ncc(Cl)c(N[C@H]4[C@@H](C(N)=O)[C@@H]5C=C[C@H]4C5)n3)c(OC)c2CC1. The van der Waals surface area contributed by atoms with Crippen LogP contribution in [-0.4, -0.2) is 55.3 Å². The van der Waals surface area contributed by atoms with Crippen molar-refractivity contribution in [2.24, 2.45) is 23.5 Å². The van der Waals surface area contributed by atoms with Gasteiger partial charge in [-0.2, -0.15) is 4.98 Å². The highest BCUT2D eigenvalue weighted by Crippen LogP contribution is 2.45. The van der Waals surface area contributed by atoms with E-state index in [0.29, 0.717) is 29.4 Å². The number of nitrogens with zero attached hydrogens (tertiary/aromatic N) is 2. The summed E-state index contributed by atoms with van der Waals surface area (Å²) in [4.78, 5) is 21.2. The number of aryl methyl sites for hydroxylation is 1. The zero-order valence-corrected chi connectivity index (χ0v) is 22.1. The number of ether oxygens (including phenoxy) is 2. The first-order chi connectivity index (χ1) is 18.0. The maximum Gasteiger partial charge on any atom is 0.229 e. The minimum absolute atomic E-state index is 0.139. The van der Waals surface area contributed by atoms with E-state index < -0.39 is 0 Å². The van der Waals surface area contributed by atoms with Crippen molar-refractivity contribution in [1.29, 1.82) is 0 Å². The van der Waals surface area contributed by atoms with Gasteiger partial charge in [0.15, 0.2) is 5.82 Å². The molecule has 37 heavy (non-hydrogen) atoms. The molecule has 0 saturated heterocycles. The van der Waals surface area contributed by atoms with Crippen molar-refractivity contribution in [1.82, 2.24) is 15.3 Å². The first kappa shape index (κ1) is 25.8. The summed E-state index contributed by atoms with van der Waals surface area (Å²) >= 11 is 6.45. The summed E-state index contributed by atoms with van der Waals surface area (Å²) in [5, 5.41) is 10.7. The van der Waals surface area contributed by atoms with Crippen LogP contribution < -0.4 is 26.4 Å². The van der Waals surface area contributed by atoms with Crippen molar-refractivity contribution >= 4 is 35.0 Å². The van der Waals surface area contributed by atoms with Crippen LogP contribution in [0.2, 0.25) is 5.02 Å². The van der Waals surface area contributed by atoms with E-state index in [1.165, 1.54) is 11.1 Å². The summed E-state index contributed by atoms with van der Waals surface area (Å²) < 4.78 is 11.1. The molecule has 1 aromatic heterocycles. The van der Waals surface area contributed by atoms with Gasteiger partial charge < -0.3 is 31.2 Å². The van der Waals surface area contributed by atoms with Crippen LogP contribution in [0.4, 0.5) is 17.5 Å². The number of fused-ring (bicyclic) bond motifs is 3. The van der Waals surface area contributed by atoms with Gasteiger partial charge in [-0.15, -0.1) is 0 Å². The normalized spacial score (nSPS) is 26.0. The molecule has 0 spiro atoms. The van der Waals surface area contributed by atoms with Crippen molar-refractivity contribution in [2.75, 3.05) is 38.0 Å². The number of carbonyl (C=O) groups is 1. The Kier molecular flexibility index (Phi) is 7.83. The highest BCUT2D eigenvalue weighted by atomic mass is 35.5. The molecule has 9 nitrogen and oxygen atoms in total. The molecule has 0 unspecified atom stereocenters. The summed E-state index contributed by atoms with van der Waals surface area (Å²) in [6, 6.07) is 4.49. The van der Waals surface area contributed by atoms with Crippen LogP contribution >= 0.6 is 11.6 Å². The third-order valence-corrected chi connectivity index (χ3v) is 8.16. The van der Waals surface area contributed by atoms with Crippen molar-refractivity contribution in [2.45, 2.75) is 44.2 Å². The van der Waals surface area contributed by atoms with Crippen LogP contribution in [0.5, 0.6) is 5.75 Å². The van der Waals surface area contributed by atoms with Crippen LogP contribution in [0.15, 0.2) is 30.5 Å². The number of allylic oxidation sites excluding steroid dienone is 1. The van der Waals surface area contributed by atoms with Gasteiger partial charge in [0.1, 0.15) is 10.8 Å². The third-order valence-electron chi connectivity index (χ3n) is 7.89. The largest absolute Gasteiger partial charge is 0.494 e. The lowest BCUT2D eigenvalue weighted by molar-refractivity contribution is -0.122. The van der Waals surface area contributed by atoms with Crippen molar-refractivity contribution in [3.05, 3.63) is 46.6 Å². The van der Waals surface area contributed by atoms with E-state index >= 15 is 0 Å². The van der Waals surface area contributed by atoms with E-state index in [9.17, 15) is 4.79 Å². The lowest BCUT2D eigenvalue weighted by Crippen LogP contribution is -2.41. The zero-order chi connectivity index (χ0) is 25.9. The molecule has 10 heteroatoms.